The molecule has 1 rings (SSSR count). The van der Waals surface area contributed by atoms with E-state index in [1.807, 2.05) is 0 Å². The summed E-state index contributed by atoms with van der Waals surface area (Å²) in [6.07, 6.45) is 4.09. The maximum Gasteiger partial charge on any atom is 0.254 e. The first-order valence-electron chi connectivity index (χ1n) is 6.10. The van der Waals surface area contributed by atoms with Crippen LogP contribution in [0.4, 0.5) is 4.39 Å². The molecular formula is C13H18ClFN2O. The van der Waals surface area contributed by atoms with Crippen LogP contribution in [0.15, 0.2) is 12.3 Å². The molecule has 1 N–H and O–H groups in total. The van der Waals surface area contributed by atoms with Crippen molar-refractivity contribution in [3.63, 3.8) is 0 Å². The molecule has 0 radical (unpaired) electrons. The molecule has 1 aromatic heterocycles. The number of nitrogens with one attached hydrogen (secondary N) is 1. The van der Waals surface area contributed by atoms with Gasteiger partial charge in [-0.25, -0.2) is 9.37 Å². The number of aromatic nitrogens is 1. The van der Waals surface area contributed by atoms with Crippen molar-refractivity contribution in [3.05, 3.63) is 28.8 Å². The van der Waals surface area contributed by atoms with Gasteiger partial charge in [-0.05, 0) is 18.4 Å². The smallest absolute Gasteiger partial charge is 0.254 e. The molecule has 0 aliphatic carbocycles. The number of rotatable bonds is 6. The van der Waals surface area contributed by atoms with Crippen LogP contribution < -0.4 is 5.32 Å². The molecule has 0 saturated carbocycles. The zero-order valence-corrected chi connectivity index (χ0v) is 11.4. The molecule has 1 aromatic rings. The van der Waals surface area contributed by atoms with Crippen molar-refractivity contribution in [3.8, 4) is 0 Å². The zero-order valence-electron chi connectivity index (χ0n) is 10.7. The van der Waals surface area contributed by atoms with Gasteiger partial charge in [0, 0.05) is 6.54 Å². The predicted octanol–water partition coefficient (Wildman–Crippen LogP) is 3.43. The first kappa shape index (κ1) is 14.9. The number of hydrogen-bond acceptors (Lipinski definition) is 2. The highest BCUT2D eigenvalue weighted by molar-refractivity contribution is 6.32. The van der Waals surface area contributed by atoms with E-state index in [0.717, 1.165) is 31.5 Å². The largest absolute Gasteiger partial charge is 0.352 e. The first-order chi connectivity index (χ1) is 8.50. The van der Waals surface area contributed by atoms with E-state index in [1.54, 1.807) is 0 Å². The van der Waals surface area contributed by atoms with Crippen LogP contribution in [-0.2, 0) is 0 Å². The average Bonchev–Trinajstić information content (AvgIpc) is 2.31. The fourth-order valence-electron chi connectivity index (χ4n) is 1.56. The van der Waals surface area contributed by atoms with E-state index in [4.69, 9.17) is 11.6 Å². The van der Waals surface area contributed by atoms with E-state index in [2.05, 4.69) is 24.1 Å². The molecule has 5 heteroatoms. The fraction of sp³-hybridized carbons (Fsp3) is 0.538. The molecule has 0 aliphatic heterocycles. The monoisotopic (exact) mass is 272 g/mol. The SMILES string of the molecule is CC(C)CCCCNC(=O)c1cc(F)cnc1Cl. The predicted molar refractivity (Wildman–Crippen MR) is 70.2 cm³/mol. The third-order valence-corrected chi connectivity index (χ3v) is 2.85. The zero-order chi connectivity index (χ0) is 13.5. The lowest BCUT2D eigenvalue weighted by Crippen LogP contribution is -2.25. The molecule has 0 bridgehead atoms. The van der Waals surface area contributed by atoms with E-state index >= 15 is 0 Å². The lowest BCUT2D eigenvalue weighted by atomic mass is 10.1. The Morgan fingerprint density at radius 3 is 2.89 bits per heavy atom. The van der Waals surface area contributed by atoms with Gasteiger partial charge in [-0.15, -0.1) is 0 Å². The number of unbranched alkanes of at least 4 members (excludes halogenated alkanes) is 1. The van der Waals surface area contributed by atoms with E-state index in [-0.39, 0.29) is 16.6 Å². The first-order valence-corrected chi connectivity index (χ1v) is 6.47. The van der Waals surface area contributed by atoms with Crippen molar-refractivity contribution < 1.29 is 9.18 Å². The molecule has 100 valence electrons. The van der Waals surface area contributed by atoms with Gasteiger partial charge in [0.05, 0.1) is 11.8 Å². The van der Waals surface area contributed by atoms with Crippen LogP contribution in [0.2, 0.25) is 5.15 Å². The van der Waals surface area contributed by atoms with Crippen molar-refractivity contribution in [2.45, 2.75) is 33.1 Å². The minimum absolute atomic E-state index is 0.0241. The molecule has 0 aromatic carbocycles. The van der Waals surface area contributed by atoms with Crippen LogP contribution in [0, 0.1) is 11.7 Å². The molecular weight excluding hydrogens is 255 g/mol. The van der Waals surface area contributed by atoms with Gasteiger partial charge in [0.25, 0.3) is 5.91 Å². The fourth-order valence-corrected chi connectivity index (χ4v) is 1.75. The van der Waals surface area contributed by atoms with Crippen molar-refractivity contribution in [2.75, 3.05) is 6.54 Å². The molecule has 0 fully saturated rings. The molecule has 1 heterocycles. The Morgan fingerprint density at radius 2 is 2.22 bits per heavy atom. The number of pyridine rings is 1. The highest BCUT2D eigenvalue weighted by Crippen LogP contribution is 2.13. The number of nitrogens with zero attached hydrogens (tertiary/aromatic N) is 1. The number of hydrogen-bond donors (Lipinski definition) is 1. The van der Waals surface area contributed by atoms with Crippen LogP contribution in [0.1, 0.15) is 43.5 Å². The lowest BCUT2D eigenvalue weighted by molar-refractivity contribution is 0.0952. The van der Waals surface area contributed by atoms with Gasteiger partial charge < -0.3 is 5.32 Å². The Kier molecular flexibility index (Phi) is 6.05. The molecule has 3 nitrogen and oxygen atoms in total. The average molecular weight is 273 g/mol. The quantitative estimate of drug-likeness (QED) is 0.637. The summed E-state index contributed by atoms with van der Waals surface area (Å²) in [7, 11) is 0. The van der Waals surface area contributed by atoms with Crippen LogP contribution >= 0.6 is 11.6 Å². The summed E-state index contributed by atoms with van der Waals surface area (Å²) in [5, 5.41) is 2.73. The summed E-state index contributed by atoms with van der Waals surface area (Å²) >= 11 is 5.73. The van der Waals surface area contributed by atoms with Crippen molar-refractivity contribution >= 4 is 17.5 Å². The second-order valence-corrected chi connectivity index (χ2v) is 5.00. The van der Waals surface area contributed by atoms with E-state index in [9.17, 15) is 9.18 Å². The van der Waals surface area contributed by atoms with Crippen LogP contribution in [0.25, 0.3) is 0 Å². The summed E-state index contributed by atoms with van der Waals surface area (Å²) in [6, 6.07) is 1.10. The van der Waals surface area contributed by atoms with Gasteiger partial charge in [0.2, 0.25) is 0 Å². The van der Waals surface area contributed by atoms with Gasteiger partial charge in [-0.2, -0.15) is 0 Å². The van der Waals surface area contributed by atoms with Gasteiger partial charge in [-0.3, -0.25) is 4.79 Å². The van der Waals surface area contributed by atoms with Crippen molar-refractivity contribution in [2.24, 2.45) is 5.92 Å². The lowest BCUT2D eigenvalue weighted by Gasteiger charge is -2.07. The molecule has 1 amide bonds. The Bertz CT molecular complexity index is 410. The number of amides is 1. The Hall–Kier alpha value is -1.16. The van der Waals surface area contributed by atoms with Crippen LogP contribution in [0.3, 0.4) is 0 Å². The number of halogens is 2. The molecule has 0 aliphatic rings. The maximum atomic E-state index is 12.9. The summed E-state index contributed by atoms with van der Waals surface area (Å²) in [4.78, 5) is 15.3. The maximum absolute atomic E-state index is 12.9. The summed E-state index contributed by atoms with van der Waals surface area (Å²) in [5.74, 6) is -0.275. The third-order valence-electron chi connectivity index (χ3n) is 2.54. The van der Waals surface area contributed by atoms with Gasteiger partial charge >= 0.3 is 0 Å². The van der Waals surface area contributed by atoms with E-state index in [1.165, 1.54) is 0 Å². The van der Waals surface area contributed by atoms with Crippen molar-refractivity contribution in [1.82, 2.24) is 10.3 Å². The summed E-state index contributed by atoms with van der Waals surface area (Å²) in [6.45, 7) is 4.89. The highest BCUT2D eigenvalue weighted by atomic mass is 35.5. The Labute approximate surface area is 112 Å². The summed E-state index contributed by atoms with van der Waals surface area (Å²) < 4.78 is 12.9. The molecule has 0 unspecified atom stereocenters. The standard InChI is InChI=1S/C13H18ClFN2O/c1-9(2)5-3-4-6-16-13(18)11-7-10(15)8-17-12(11)14/h7-9H,3-6H2,1-2H3,(H,16,18). The second-order valence-electron chi connectivity index (χ2n) is 4.64. The minimum atomic E-state index is -0.565. The third kappa shape index (κ3) is 5.00. The Balaban J connectivity index is 2.39. The van der Waals surface area contributed by atoms with Gasteiger partial charge in [-0.1, -0.05) is 38.3 Å². The molecule has 0 saturated heterocycles. The highest BCUT2D eigenvalue weighted by Gasteiger charge is 2.11. The van der Waals surface area contributed by atoms with E-state index < -0.39 is 5.82 Å². The normalized spacial score (nSPS) is 10.7. The van der Waals surface area contributed by atoms with Gasteiger partial charge in [0.15, 0.2) is 0 Å². The molecule has 18 heavy (non-hydrogen) atoms. The summed E-state index contributed by atoms with van der Waals surface area (Å²) in [5.41, 5.74) is 0.0838. The second kappa shape index (κ2) is 7.31. The number of carbonyl (C=O) groups excluding carboxylic acids is 1. The van der Waals surface area contributed by atoms with Crippen LogP contribution in [0.5, 0.6) is 0 Å². The number of carbonyl (C=O) groups is 1. The van der Waals surface area contributed by atoms with Crippen molar-refractivity contribution in [1.29, 1.82) is 0 Å². The molecule has 0 spiro atoms. The van der Waals surface area contributed by atoms with Gasteiger partial charge in [0.1, 0.15) is 11.0 Å². The van der Waals surface area contributed by atoms with E-state index in [0.29, 0.717) is 12.5 Å². The minimum Gasteiger partial charge on any atom is -0.352 e. The Morgan fingerprint density at radius 1 is 1.50 bits per heavy atom. The molecule has 0 atom stereocenters. The van der Waals surface area contributed by atoms with Crippen LogP contribution in [-0.4, -0.2) is 17.4 Å². The topological polar surface area (TPSA) is 42.0 Å².